The first-order chi connectivity index (χ1) is 7.59. The summed E-state index contributed by atoms with van der Waals surface area (Å²) in [6, 6.07) is -0.0915. The Hall–Kier alpha value is -1.36. The summed E-state index contributed by atoms with van der Waals surface area (Å²) in [5, 5.41) is 2.89. The zero-order valence-corrected chi connectivity index (χ0v) is 9.49. The molecule has 1 aromatic rings. The third-order valence-corrected chi connectivity index (χ3v) is 3.17. The van der Waals surface area contributed by atoms with Crippen molar-refractivity contribution < 1.29 is 4.79 Å². The van der Waals surface area contributed by atoms with Crippen LogP contribution in [0, 0.1) is 0 Å². The number of aromatic amines is 1. The predicted molar refractivity (Wildman–Crippen MR) is 60.5 cm³/mol. The summed E-state index contributed by atoms with van der Waals surface area (Å²) in [5.74, 6) is 0.777. The van der Waals surface area contributed by atoms with Gasteiger partial charge in [-0.15, -0.1) is 0 Å². The highest BCUT2D eigenvalue weighted by atomic mass is 16.1. The smallest absolute Gasteiger partial charge is 0.222 e. The maximum Gasteiger partial charge on any atom is 0.222 e. The number of H-pyrrole nitrogens is 1. The summed E-state index contributed by atoms with van der Waals surface area (Å²) in [7, 11) is 0. The first kappa shape index (κ1) is 11.1. The molecule has 1 fully saturated rings. The Morgan fingerprint density at radius 1 is 1.75 bits per heavy atom. The second kappa shape index (κ2) is 4.25. The molecule has 0 radical (unpaired) electrons. The molecule has 1 aliphatic carbocycles. The molecule has 5 nitrogen and oxygen atoms in total. The Morgan fingerprint density at radius 3 is 3.00 bits per heavy atom. The van der Waals surface area contributed by atoms with Crippen LogP contribution in [-0.2, 0) is 4.79 Å². The maximum absolute atomic E-state index is 11.7. The Balaban J connectivity index is 1.83. The van der Waals surface area contributed by atoms with E-state index < -0.39 is 0 Å². The SMILES string of the molecule is CC(NC(=O)CC1(N)CCC1)c1ncc[nH]1. The third kappa shape index (κ3) is 2.41. The average Bonchev–Trinajstić information content (AvgIpc) is 2.67. The zero-order valence-electron chi connectivity index (χ0n) is 9.49. The molecule has 5 heteroatoms. The quantitative estimate of drug-likeness (QED) is 0.706. The van der Waals surface area contributed by atoms with Crippen molar-refractivity contribution in [3.05, 3.63) is 18.2 Å². The number of nitrogens with two attached hydrogens (primary N) is 1. The van der Waals surface area contributed by atoms with Gasteiger partial charge in [0.25, 0.3) is 0 Å². The highest BCUT2D eigenvalue weighted by Crippen LogP contribution is 2.32. The van der Waals surface area contributed by atoms with Crippen LogP contribution in [0.2, 0.25) is 0 Å². The molecule has 1 heterocycles. The van der Waals surface area contributed by atoms with Gasteiger partial charge < -0.3 is 16.0 Å². The maximum atomic E-state index is 11.7. The van der Waals surface area contributed by atoms with Gasteiger partial charge in [-0.3, -0.25) is 4.79 Å². The monoisotopic (exact) mass is 222 g/mol. The van der Waals surface area contributed by atoms with E-state index in [0.717, 1.165) is 25.1 Å². The highest BCUT2D eigenvalue weighted by Gasteiger charge is 2.34. The molecule has 0 spiro atoms. The van der Waals surface area contributed by atoms with Crippen LogP contribution < -0.4 is 11.1 Å². The number of imidazole rings is 1. The van der Waals surface area contributed by atoms with E-state index >= 15 is 0 Å². The fraction of sp³-hybridized carbons (Fsp3) is 0.636. The van der Waals surface area contributed by atoms with E-state index in [1.54, 1.807) is 12.4 Å². The summed E-state index contributed by atoms with van der Waals surface area (Å²) in [4.78, 5) is 18.8. The fourth-order valence-corrected chi connectivity index (χ4v) is 2.00. The molecule has 1 atom stereocenters. The van der Waals surface area contributed by atoms with Crippen LogP contribution in [0.5, 0.6) is 0 Å². The largest absolute Gasteiger partial charge is 0.347 e. The number of hydrogen-bond acceptors (Lipinski definition) is 3. The minimum absolute atomic E-state index is 0.00565. The molecule has 0 aromatic carbocycles. The molecule has 4 N–H and O–H groups in total. The minimum Gasteiger partial charge on any atom is -0.347 e. The fourth-order valence-electron chi connectivity index (χ4n) is 2.00. The van der Waals surface area contributed by atoms with Crippen molar-refractivity contribution >= 4 is 5.91 Å². The lowest BCUT2D eigenvalue weighted by atomic mass is 9.75. The Bertz CT molecular complexity index is 356. The van der Waals surface area contributed by atoms with E-state index in [4.69, 9.17) is 5.73 Å². The van der Waals surface area contributed by atoms with Crippen molar-refractivity contribution in [1.29, 1.82) is 0 Å². The van der Waals surface area contributed by atoms with E-state index in [9.17, 15) is 4.79 Å². The van der Waals surface area contributed by atoms with E-state index in [1.165, 1.54) is 0 Å². The van der Waals surface area contributed by atoms with Crippen molar-refractivity contribution in [3.63, 3.8) is 0 Å². The van der Waals surface area contributed by atoms with Crippen LogP contribution >= 0.6 is 0 Å². The van der Waals surface area contributed by atoms with Gasteiger partial charge in [-0.1, -0.05) is 0 Å². The Morgan fingerprint density at radius 2 is 2.50 bits per heavy atom. The molecule has 2 rings (SSSR count). The van der Waals surface area contributed by atoms with Crippen LogP contribution in [0.1, 0.15) is 44.5 Å². The van der Waals surface area contributed by atoms with Gasteiger partial charge in [-0.25, -0.2) is 4.98 Å². The number of amides is 1. The molecule has 1 saturated carbocycles. The van der Waals surface area contributed by atoms with Gasteiger partial charge in [0, 0.05) is 24.4 Å². The first-order valence-electron chi connectivity index (χ1n) is 5.67. The van der Waals surface area contributed by atoms with Gasteiger partial charge in [0.2, 0.25) is 5.91 Å². The van der Waals surface area contributed by atoms with Crippen molar-refractivity contribution in [1.82, 2.24) is 15.3 Å². The van der Waals surface area contributed by atoms with E-state index in [-0.39, 0.29) is 17.5 Å². The van der Waals surface area contributed by atoms with Crippen molar-refractivity contribution in [2.45, 2.75) is 44.2 Å². The van der Waals surface area contributed by atoms with Crippen molar-refractivity contribution in [2.24, 2.45) is 5.73 Å². The van der Waals surface area contributed by atoms with Crippen LogP contribution in [0.15, 0.2) is 12.4 Å². The molecule has 1 aliphatic rings. The third-order valence-electron chi connectivity index (χ3n) is 3.17. The highest BCUT2D eigenvalue weighted by molar-refractivity contribution is 5.77. The van der Waals surface area contributed by atoms with E-state index in [2.05, 4.69) is 15.3 Å². The summed E-state index contributed by atoms with van der Waals surface area (Å²) >= 11 is 0. The van der Waals surface area contributed by atoms with Crippen LogP contribution in [-0.4, -0.2) is 21.4 Å². The number of hydrogen-bond donors (Lipinski definition) is 3. The molecule has 0 aliphatic heterocycles. The molecule has 0 bridgehead atoms. The van der Waals surface area contributed by atoms with E-state index in [0.29, 0.717) is 6.42 Å². The second-order valence-corrected chi connectivity index (χ2v) is 4.66. The lowest BCUT2D eigenvalue weighted by molar-refractivity contribution is -0.123. The number of nitrogens with one attached hydrogen (secondary N) is 2. The minimum atomic E-state index is -0.257. The topological polar surface area (TPSA) is 83.8 Å². The summed E-state index contributed by atoms with van der Waals surface area (Å²) in [6.45, 7) is 1.90. The van der Waals surface area contributed by atoms with Crippen molar-refractivity contribution in [2.75, 3.05) is 0 Å². The van der Waals surface area contributed by atoms with Gasteiger partial charge in [-0.2, -0.15) is 0 Å². The van der Waals surface area contributed by atoms with Crippen molar-refractivity contribution in [3.8, 4) is 0 Å². The Kier molecular flexibility index (Phi) is 2.96. The molecule has 1 aromatic heterocycles. The second-order valence-electron chi connectivity index (χ2n) is 4.66. The van der Waals surface area contributed by atoms with Gasteiger partial charge in [0.05, 0.1) is 6.04 Å². The summed E-state index contributed by atoms with van der Waals surface area (Å²) < 4.78 is 0. The van der Waals surface area contributed by atoms with E-state index in [1.807, 2.05) is 6.92 Å². The number of carbonyl (C=O) groups excluding carboxylic acids is 1. The lowest BCUT2D eigenvalue weighted by Crippen LogP contribution is -2.50. The van der Waals surface area contributed by atoms with Gasteiger partial charge in [0.1, 0.15) is 5.82 Å². The lowest BCUT2D eigenvalue weighted by Gasteiger charge is -2.37. The average molecular weight is 222 g/mol. The van der Waals surface area contributed by atoms with Crippen LogP contribution in [0.4, 0.5) is 0 Å². The Labute approximate surface area is 94.8 Å². The number of carbonyl (C=O) groups is 1. The van der Waals surface area contributed by atoms with Gasteiger partial charge in [0.15, 0.2) is 0 Å². The molecule has 0 saturated heterocycles. The molecular formula is C11H18N4O. The first-order valence-corrected chi connectivity index (χ1v) is 5.67. The molecule has 1 unspecified atom stereocenters. The summed E-state index contributed by atoms with van der Waals surface area (Å²) in [6.07, 6.45) is 6.88. The standard InChI is InChI=1S/C11H18N4O/c1-8(10-13-5-6-14-10)15-9(16)7-11(12)3-2-4-11/h5-6,8H,2-4,7,12H2,1H3,(H,13,14)(H,15,16). The zero-order chi connectivity index (χ0) is 11.6. The van der Waals surface area contributed by atoms with Gasteiger partial charge in [-0.05, 0) is 26.2 Å². The number of nitrogens with zero attached hydrogens (tertiary/aromatic N) is 1. The predicted octanol–water partition coefficient (Wildman–Crippen LogP) is 0.858. The number of aromatic nitrogens is 2. The molecule has 88 valence electrons. The molecule has 1 amide bonds. The van der Waals surface area contributed by atoms with Crippen LogP contribution in [0.25, 0.3) is 0 Å². The number of rotatable bonds is 4. The normalized spacial score (nSPS) is 19.9. The molecular weight excluding hydrogens is 204 g/mol. The van der Waals surface area contributed by atoms with Crippen LogP contribution in [0.3, 0.4) is 0 Å². The summed E-state index contributed by atoms with van der Waals surface area (Å²) in [5.41, 5.74) is 5.76. The molecule has 16 heavy (non-hydrogen) atoms. The van der Waals surface area contributed by atoms with Gasteiger partial charge >= 0.3 is 0 Å².